The largest absolute Gasteiger partial charge is 0.133 e. The number of alkyl halides is 1. The molecule has 1 aromatic rings. The molecule has 0 saturated heterocycles. The van der Waals surface area contributed by atoms with E-state index in [0.717, 1.165) is 0 Å². The van der Waals surface area contributed by atoms with Gasteiger partial charge in [0.25, 0.3) is 0 Å². The van der Waals surface area contributed by atoms with Crippen LogP contribution in [0, 0.1) is 0 Å². The van der Waals surface area contributed by atoms with Gasteiger partial charge in [0.15, 0.2) is 0 Å². The second-order valence-electron chi connectivity index (χ2n) is 2.75. The molecule has 0 spiro atoms. The highest BCUT2D eigenvalue weighted by Crippen LogP contribution is 2.24. The van der Waals surface area contributed by atoms with Crippen LogP contribution in [0.5, 0.6) is 0 Å². The Kier molecular flexibility index (Phi) is 4.84. The summed E-state index contributed by atoms with van der Waals surface area (Å²) in [6.07, 6.45) is 3.65. The van der Waals surface area contributed by atoms with Crippen LogP contribution in [0.2, 0.25) is 0 Å². The molecule has 1 unspecified atom stereocenters. The van der Waals surface area contributed by atoms with E-state index in [1.165, 1.54) is 27.9 Å². The van der Waals surface area contributed by atoms with Crippen LogP contribution in [-0.2, 0) is 6.42 Å². The molecule has 0 N–H and O–H groups in total. The SMILES string of the molecule is CCC(Br)CCc1ccc(Br)s1. The van der Waals surface area contributed by atoms with Crippen LogP contribution in [0.25, 0.3) is 0 Å². The van der Waals surface area contributed by atoms with Gasteiger partial charge in [-0.1, -0.05) is 22.9 Å². The summed E-state index contributed by atoms with van der Waals surface area (Å²) >= 11 is 8.93. The Morgan fingerprint density at radius 2 is 2.25 bits per heavy atom. The van der Waals surface area contributed by atoms with Crippen LogP contribution in [0.15, 0.2) is 15.9 Å². The second-order valence-corrected chi connectivity index (χ2v) is 6.59. The summed E-state index contributed by atoms with van der Waals surface area (Å²) < 4.78 is 1.24. The molecule has 0 aliphatic rings. The summed E-state index contributed by atoms with van der Waals surface area (Å²) in [6, 6.07) is 4.32. The molecule has 1 atom stereocenters. The van der Waals surface area contributed by atoms with E-state index in [1.54, 1.807) is 0 Å². The first kappa shape index (κ1) is 10.7. The van der Waals surface area contributed by atoms with E-state index >= 15 is 0 Å². The number of thiophene rings is 1. The summed E-state index contributed by atoms with van der Waals surface area (Å²) in [6.45, 7) is 2.21. The summed E-state index contributed by atoms with van der Waals surface area (Å²) in [4.78, 5) is 2.15. The van der Waals surface area contributed by atoms with Gasteiger partial charge in [0.05, 0.1) is 3.79 Å². The van der Waals surface area contributed by atoms with Crippen molar-refractivity contribution in [3.8, 4) is 0 Å². The third kappa shape index (κ3) is 3.58. The van der Waals surface area contributed by atoms with Gasteiger partial charge in [-0.15, -0.1) is 11.3 Å². The molecule has 0 saturated carbocycles. The van der Waals surface area contributed by atoms with E-state index in [9.17, 15) is 0 Å². The van der Waals surface area contributed by atoms with E-state index in [-0.39, 0.29) is 0 Å². The molecule has 0 aromatic carbocycles. The topological polar surface area (TPSA) is 0 Å². The lowest BCUT2D eigenvalue weighted by molar-refractivity contribution is 0.752. The molecule has 12 heavy (non-hydrogen) atoms. The van der Waals surface area contributed by atoms with E-state index in [1.807, 2.05) is 11.3 Å². The Morgan fingerprint density at radius 1 is 1.50 bits per heavy atom. The fourth-order valence-corrected chi connectivity index (χ4v) is 2.72. The van der Waals surface area contributed by atoms with Gasteiger partial charge in [0.2, 0.25) is 0 Å². The summed E-state index contributed by atoms with van der Waals surface area (Å²) in [5.74, 6) is 0. The van der Waals surface area contributed by atoms with Gasteiger partial charge in [-0.2, -0.15) is 0 Å². The van der Waals surface area contributed by atoms with Gasteiger partial charge >= 0.3 is 0 Å². The number of hydrogen-bond donors (Lipinski definition) is 0. The van der Waals surface area contributed by atoms with Gasteiger partial charge in [-0.3, -0.25) is 0 Å². The monoisotopic (exact) mass is 310 g/mol. The van der Waals surface area contributed by atoms with E-state index in [4.69, 9.17) is 0 Å². The van der Waals surface area contributed by atoms with Crippen molar-refractivity contribution in [1.29, 1.82) is 0 Å². The van der Waals surface area contributed by atoms with Crippen molar-refractivity contribution in [1.82, 2.24) is 0 Å². The zero-order chi connectivity index (χ0) is 8.97. The summed E-state index contributed by atoms with van der Waals surface area (Å²) in [5, 5.41) is 0. The molecule has 3 heteroatoms. The number of halogens is 2. The van der Waals surface area contributed by atoms with E-state index in [0.29, 0.717) is 4.83 Å². The Labute approximate surface area is 94.6 Å². The smallest absolute Gasteiger partial charge is 0.0701 e. The lowest BCUT2D eigenvalue weighted by Crippen LogP contribution is -1.96. The van der Waals surface area contributed by atoms with Crippen LogP contribution >= 0.6 is 43.2 Å². The molecule has 1 heterocycles. The van der Waals surface area contributed by atoms with Crippen LogP contribution in [0.4, 0.5) is 0 Å². The van der Waals surface area contributed by atoms with Gasteiger partial charge in [-0.25, -0.2) is 0 Å². The number of aryl methyl sites for hydroxylation is 1. The first-order valence-corrected chi connectivity index (χ1v) is 6.63. The minimum atomic E-state index is 0.679. The highest BCUT2D eigenvalue weighted by atomic mass is 79.9. The first-order chi connectivity index (χ1) is 5.72. The van der Waals surface area contributed by atoms with Crippen molar-refractivity contribution < 1.29 is 0 Å². The van der Waals surface area contributed by atoms with E-state index in [2.05, 4.69) is 50.9 Å². The van der Waals surface area contributed by atoms with Gasteiger partial charge in [0.1, 0.15) is 0 Å². The lowest BCUT2D eigenvalue weighted by atomic mass is 10.2. The zero-order valence-electron chi connectivity index (χ0n) is 7.02. The molecule has 0 amide bonds. The van der Waals surface area contributed by atoms with Crippen molar-refractivity contribution in [2.45, 2.75) is 31.0 Å². The van der Waals surface area contributed by atoms with Crippen LogP contribution in [-0.4, -0.2) is 4.83 Å². The van der Waals surface area contributed by atoms with Crippen molar-refractivity contribution in [3.05, 3.63) is 20.8 Å². The molecule has 0 aliphatic carbocycles. The third-order valence-corrected chi connectivity index (χ3v) is 4.56. The van der Waals surface area contributed by atoms with Crippen LogP contribution in [0.1, 0.15) is 24.6 Å². The van der Waals surface area contributed by atoms with Crippen molar-refractivity contribution >= 4 is 43.2 Å². The second kappa shape index (κ2) is 5.40. The maximum Gasteiger partial charge on any atom is 0.0701 e. The van der Waals surface area contributed by atoms with Crippen LogP contribution < -0.4 is 0 Å². The maximum atomic E-state index is 3.63. The quantitative estimate of drug-likeness (QED) is 0.712. The average Bonchev–Trinajstić information content (AvgIpc) is 2.47. The van der Waals surface area contributed by atoms with Crippen molar-refractivity contribution in [2.24, 2.45) is 0 Å². The minimum absolute atomic E-state index is 0.679. The fourth-order valence-electron chi connectivity index (χ4n) is 0.989. The molecule has 68 valence electrons. The predicted octanol–water partition coefficient (Wildman–Crippen LogP) is 4.62. The molecular weight excluding hydrogens is 300 g/mol. The van der Waals surface area contributed by atoms with Gasteiger partial charge in [-0.05, 0) is 47.3 Å². The molecular formula is C9H12Br2S. The summed E-state index contributed by atoms with van der Waals surface area (Å²) in [7, 11) is 0. The molecule has 1 rings (SSSR count). The Bertz CT molecular complexity index is 232. The lowest BCUT2D eigenvalue weighted by Gasteiger charge is -2.03. The van der Waals surface area contributed by atoms with Gasteiger partial charge < -0.3 is 0 Å². The average molecular weight is 312 g/mol. The molecule has 0 fully saturated rings. The molecule has 0 bridgehead atoms. The molecule has 0 nitrogen and oxygen atoms in total. The number of hydrogen-bond acceptors (Lipinski definition) is 1. The standard InChI is InChI=1S/C9H12Br2S/c1-2-7(10)3-4-8-5-6-9(11)12-8/h5-7H,2-4H2,1H3. The minimum Gasteiger partial charge on any atom is -0.133 e. The highest BCUT2D eigenvalue weighted by Gasteiger charge is 2.02. The molecule has 0 aliphatic heterocycles. The predicted molar refractivity (Wildman–Crippen MR) is 63.3 cm³/mol. The Balaban J connectivity index is 2.33. The van der Waals surface area contributed by atoms with Gasteiger partial charge in [0, 0.05) is 9.70 Å². The molecule has 1 aromatic heterocycles. The van der Waals surface area contributed by atoms with E-state index < -0.39 is 0 Å². The van der Waals surface area contributed by atoms with Crippen LogP contribution in [0.3, 0.4) is 0 Å². The van der Waals surface area contributed by atoms with Crippen molar-refractivity contribution in [3.63, 3.8) is 0 Å². The Hall–Kier alpha value is 0.660. The Morgan fingerprint density at radius 3 is 2.75 bits per heavy atom. The highest BCUT2D eigenvalue weighted by molar-refractivity contribution is 9.11. The normalized spacial score (nSPS) is 13.2. The molecule has 0 radical (unpaired) electrons. The first-order valence-electron chi connectivity index (χ1n) is 4.10. The van der Waals surface area contributed by atoms with Crippen molar-refractivity contribution in [2.75, 3.05) is 0 Å². The number of rotatable bonds is 4. The zero-order valence-corrected chi connectivity index (χ0v) is 11.0. The fraction of sp³-hybridized carbons (Fsp3) is 0.556. The maximum absolute atomic E-state index is 3.63. The summed E-state index contributed by atoms with van der Waals surface area (Å²) in [5.41, 5.74) is 0. The third-order valence-electron chi connectivity index (χ3n) is 1.78.